The van der Waals surface area contributed by atoms with Crippen molar-refractivity contribution >= 4 is 22.9 Å². The quantitative estimate of drug-likeness (QED) is 0.808. The third-order valence-corrected chi connectivity index (χ3v) is 4.98. The Balaban J connectivity index is 2.35. The topological polar surface area (TPSA) is 12.0 Å². The summed E-state index contributed by atoms with van der Waals surface area (Å²) in [5.41, 5.74) is 3.73. The smallest absolute Gasteiger partial charge is 0.0686 e. The summed E-state index contributed by atoms with van der Waals surface area (Å²) in [6.07, 6.45) is 1.12. The van der Waals surface area contributed by atoms with Crippen LogP contribution in [0, 0.1) is 13.8 Å². The summed E-state index contributed by atoms with van der Waals surface area (Å²) in [6.45, 7) is 7.35. The van der Waals surface area contributed by atoms with Gasteiger partial charge in [-0.3, -0.25) is 0 Å². The van der Waals surface area contributed by atoms with Crippen LogP contribution in [-0.4, -0.2) is 6.54 Å². The van der Waals surface area contributed by atoms with Crippen LogP contribution in [0.25, 0.3) is 0 Å². The van der Waals surface area contributed by atoms with Crippen molar-refractivity contribution in [1.82, 2.24) is 5.32 Å². The molecule has 0 radical (unpaired) electrons. The zero-order valence-corrected chi connectivity index (χ0v) is 13.2. The van der Waals surface area contributed by atoms with Gasteiger partial charge in [-0.1, -0.05) is 48.4 Å². The van der Waals surface area contributed by atoms with E-state index < -0.39 is 0 Å². The predicted octanol–water partition coefficient (Wildman–Crippen LogP) is 5.11. The third kappa shape index (κ3) is 3.38. The molecule has 0 saturated heterocycles. The van der Waals surface area contributed by atoms with Crippen LogP contribution in [0.1, 0.15) is 41.0 Å². The van der Waals surface area contributed by atoms with Crippen molar-refractivity contribution in [1.29, 1.82) is 0 Å². The Kier molecular flexibility index (Phi) is 5.03. The first kappa shape index (κ1) is 14.6. The summed E-state index contributed by atoms with van der Waals surface area (Å²) in [4.78, 5) is 1.22. The van der Waals surface area contributed by atoms with E-state index in [-0.39, 0.29) is 6.04 Å². The van der Waals surface area contributed by atoms with Crippen LogP contribution in [0.5, 0.6) is 0 Å². The number of halogens is 1. The molecule has 2 rings (SSSR count). The second kappa shape index (κ2) is 6.56. The van der Waals surface area contributed by atoms with Gasteiger partial charge in [0.2, 0.25) is 0 Å². The van der Waals surface area contributed by atoms with Gasteiger partial charge in [-0.15, -0.1) is 11.3 Å². The highest BCUT2D eigenvalue weighted by atomic mass is 35.5. The van der Waals surface area contributed by atoms with Crippen molar-refractivity contribution in [2.75, 3.05) is 6.54 Å². The standard InChI is InChI=1S/C16H20ClNS/c1-4-9-18-15(13-7-5-11(2)6-8-13)16-14(17)12(3)10-19-16/h5-8,10,15,18H,4,9H2,1-3H3. The van der Waals surface area contributed by atoms with E-state index in [1.807, 2.05) is 0 Å². The molecule has 0 fully saturated rings. The highest BCUT2D eigenvalue weighted by Gasteiger charge is 2.19. The van der Waals surface area contributed by atoms with E-state index in [1.54, 1.807) is 11.3 Å². The molecular weight excluding hydrogens is 274 g/mol. The maximum absolute atomic E-state index is 6.43. The van der Waals surface area contributed by atoms with E-state index in [4.69, 9.17) is 11.6 Å². The Bertz CT molecular complexity index is 530. The molecule has 1 N–H and O–H groups in total. The van der Waals surface area contributed by atoms with Gasteiger partial charge in [0.25, 0.3) is 0 Å². The lowest BCUT2D eigenvalue weighted by atomic mass is 10.0. The van der Waals surface area contributed by atoms with Crippen molar-refractivity contribution in [2.45, 2.75) is 33.2 Å². The lowest BCUT2D eigenvalue weighted by Gasteiger charge is -2.18. The summed E-state index contributed by atoms with van der Waals surface area (Å²) in [5.74, 6) is 0. The molecule has 0 amide bonds. The molecule has 1 atom stereocenters. The van der Waals surface area contributed by atoms with Crippen molar-refractivity contribution in [3.63, 3.8) is 0 Å². The lowest BCUT2D eigenvalue weighted by molar-refractivity contribution is 0.606. The van der Waals surface area contributed by atoms with E-state index in [9.17, 15) is 0 Å². The average Bonchev–Trinajstić information content (AvgIpc) is 2.73. The second-order valence-corrected chi connectivity index (χ2v) is 6.18. The van der Waals surface area contributed by atoms with Gasteiger partial charge in [0.15, 0.2) is 0 Å². The van der Waals surface area contributed by atoms with Crippen LogP contribution in [-0.2, 0) is 0 Å². The molecule has 1 unspecified atom stereocenters. The summed E-state index contributed by atoms with van der Waals surface area (Å²) in [5, 5.41) is 6.64. The van der Waals surface area contributed by atoms with E-state index >= 15 is 0 Å². The van der Waals surface area contributed by atoms with Gasteiger partial charge in [0.1, 0.15) is 0 Å². The Hall–Kier alpha value is -0.830. The van der Waals surface area contributed by atoms with Crippen LogP contribution >= 0.6 is 22.9 Å². The first-order chi connectivity index (χ1) is 9.13. The predicted molar refractivity (Wildman–Crippen MR) is 85.4 cm³/mol. The van der Waals surface area contributed by atoms with Crippen LogP contribution in [0.15, 0.2) is 29.6 Å². The van der Waals surface area contributed by atoms with Gasteiger partial charge in [-0.05, 0) is 43.3 Å². The zero-order chi connectivity index (χ0) is 13.8. The molecule has 0 spiro atoms. The molecule has 3 heteroatoms. The molecule has 1 nitrogen and oxygen atoms in total. The normalized spacial score (nSPS) is 12.6. The molecule has 0 bridgehead atoms. The molecule has 0 aliphatic heterocycles. The monoisotopic (exact) mass is 293 g/mol. The molecule has 0 aliphatic carbocycles. The fourth-order valence-electron chi connectivity index (χ4n) is 2.05. The molecule has 0 saturated carbocycles. The minimum absolute atomic E-state index is 0.201. The minimum atomic E-state index is 0.201. The average molecular weight is 294 g/mol. The van der Waals surface area contributed by atoms with Gasteiger partial charge in [-0.25, -0.2) is 0 Å². The van der Waals surface area contributed by atoms with Crippen molar-refractivity contribution in [3.05, 3.63) is 56.2 Å². The van der Waals surface area contributed by atoms with Crippen molar-refractivity contribution in [3.8, 4) is 0 Å². The van der Waals surface area contributed by atoms with Gasteiger partial charge in [-0.2, -0.15) is 0 Å². The number of hydrogen-bond acceptors (Lipinski definition) is 2. The molecular formula is C16H20ClNS. The number of hydrogen-bond donors (Lipinski definition) is 1. The van der Waals surface area contributed by atoms with Crippen molar-refractivity contribution in [2.24, 2.45) is 0 Å². The Morgan fingerprint density at radius 1 is 1.21 bits per heavy atom. The maximum Gasteiger partial charge on any atom is 0.0686 e. The molecule has 2 aromatic rings. The van der Waals surface area contributed by atoms with E-state index in [0.717, 1.165) is 23.6 Å². The first-order valence-corrected chi connectivity index (χ1v) is 7.92. The Morgan fingerprint density at radius 2 is 1.89 bits per heavy atom. The van der Waals surface area contributed by atoms with Gasteiger partial charge < -0.3 is 5.32 Å². The zero-order valence-electron chi connectivity index (χ0n) is 11.7. The maximum atomic E-state index is 6.43. The van der Waals surface area contributed by atoms with Gasteiger partial charge >= 0.3 is 0 Å². The summed E-state index contributed by atoms with van der Waals surface area (Å²) in [7, 11) is 0. The Morgan fingerprint density at radius 3 is 2.42 bits per heavy atom. The second-order valence-electron chi connectivity index (χ2n) is 4.89. The molecule has 1 aromatic heterocycles. The summed E-state index contributed by atoms with van der Waals surface area (Å²) in [6, 6.07) is 8.89. The van der Waals surface area contributed by atoms with Gasteiger partial charge in [0, 0.05) is 4.88 Å². The van der Waals surface area contributed by atoms with Crippen molar-refractivity contribution < 1.29 is 0 Å². The third-order valence-electron chi connectivity index (χ3n) is 3.20. The van der Waals surface area contributed by atoms with Crippen LogP contribution in [0.3, 0.4) is 0 Å². The molecule has 1 aromatic carbocycles. The highest BCUT2D eigenvalue weighted by molar-refractivity contribution is 7.10. The fraction of sp³-hybridized carbons (Fsp3) is 0.375. The minimum Gasteiger partial charge on any atom is -0.306 e. The van der Waals surface area contributed by atoms with E-state index in [0.29, 0.717) is 0 Å². The number of nitrogens with one attached hydrogen (secondary N) is 1. The number of aryl methyl sites for hydroxylation is 2. The Labute approximate surface area is 124 Å². The van der Waals surface area contributed by atoms with E-state index in [2.05, 4.69) is 55.7 Å². The van der Waals surface area contributed by atoms with Crippen LogP contribution < -0.4 is 5.32 Å². The number of benzene rings is 1. The summed E-state index contributed by atoms with van der Waals surface area (Å²) >= 11 is 8.17. The molecule has 102 valence electrons. The lowest BCUT2D eigenvalue weighted by Crippen LogP contribution is -2.22. The highest BCUT2D eigenvalue weighted by Crippen LogP contribution is 2.35. The van der Waals surface area contributed by atoms with E-state index in [1.165, 1.54) is 16.0 Å². The number of thiophene rings is 1. The first-order valence-electron chi connectivity index (χ1n) is 6.67. The fourth-order valence-corrected chi connectivity index (χ4v) is 3.46. The number of rotatable bonds is 5. The van der Waals surface area contributed by atoms with Gasteiger partial charge in [0.05, 0.1) is 11.1 Å². The molecule has 0 aliphatic rings. The molecule has 19 heavy (non-hydrogen) atoms. The van der Waals surface area contributed by atoms with Crippen LogP contribution in [0.2, 0.25) is 5.02 Å². The largest absolute Gasteiger partial charge is 0.306 e. The SMILES string of the molecule is CCCNC(c1ccc(C)cc1)c1scc(C)c1Cl. The molecule has 1 heterocycles. The summed E-state index contributed by atoms with van der Waals surface area (Å²) < 4.78 is 0. The van der Waals surface area contributed by atoms with Crippen LogP contribution in [0.4, 0.5) is 0 Å².